The largest absolute Gasteiger partial charge is 0.338 e. The molecule has 1 aliphatic rings. The number of aromatic amines is 1. The number of carbonyl (C=O) groups excluding carboxylic acids is 1. The van der Waals surface area contributed by atoms with Crippen molar-refractivity contribution in [2.75, 3.05) is 18.4 Å². The first-order valence-electron chi connectivity index (χ1n) is 10.3. The standard InChI is InChI=1S/C22H24F2N6O/c1-13-10-20(29-28-13)27-19-12-16(25-14(2)26-19)11-15-6-8-30(9-7-15)22(31)21-17(23)4-3-5-18(21)24/h3-5,10,12,15H,6-9,11H2,1-2H3,(H2,25,26,27,28,29). The number of aromatic nitrogens is 4. The second kappa shape index (κ2) is 8.79. The van der Waals surface area contributed by atoms with Crippen molar-refractivity contribution in [1.29, 1.82) is 0 Å². The van der Waals surface area contributed by atoms with Crippen molar-refractivity contribution in [2.24, 2.45) is 5.92 Å². The van der Waals surface area contributed by atoms with Gasteiger partial charge in [0.15, 0.2) is 5.82 Å². The predicted octanol–water partition coefficient (Wildman–Crippen LogP) is 3.93. The van der Waals surface area contributed by atoms with Gasteiger partial charge in [0, 0.05) is 36.6 Å². The Labute approximate surface area is 178 Å². The summed E-state index contributed by atoms with van der Waals surface area (Å²) in [5.74, 6) is 0.115. The highest BCUT2D eigenvalue weighted by atomic mass is 19.1. The summed E-state index contributed by atoms with van der Waals surface area (Å²) in [5, 5.41) is 10.2. The Hall–Kier alpha value is -3.36. The number of rotatable bonds is 5. The summed E-state index contributed by atoms with van der Waals surface area (Å²) in [5.41, 5.74) is 1.38. The Morgan fingerprint density at radius 1 is 1.13 bits per heavy atom. The SMILES string of the molecule is Cc1nc(CC2CCN(C(=O)c3c(F)cccc3F)CC2)cc(Nc2cc(C)[nH]n2)n1. The summed E-state index contributed by atoms with van der Waals surface area (Å²) >= 11 is 0. The van der Waals surface area contributed by atoms with Gasteiger partial charge < -0.3 is 10.2 Å². The number of piperidine rings is 1. The van der Waals surface area contributed by atoms with Gasteiger partial charge in [-0.15, -0.1) is 0 Å². The van der Waals surface area contributed by atoms with E-state index in [1.54, 1.807) is 0 Å². The van der Waals surface area contributed by atoms with E-state index in [4.69, 9.17) is 0 Å². The molecule has 0 atom stereocenters. The predicted molar refractivity (Wildman–Crippen MR) is 112 cm³/mol. The molecule has 1 fully saturated rings. The van der Waals surface area contributed by atoms with Gasteiger partial charge in [0.25, 0.3) is 5.91 Å². The van der Waals surface area contributed by atoms with Crippen molar-refractivity contribution < 1.29 is 13.6 Å². The first-order valence-corrected chi connectivity index (χ1v) is 10.3. The Bertz CT molecular complexity index is 1070. The van der Waals surface area contributed by atoms with Gasteiger partial charge in [-0.2, -0.15) is 5.10 Å². The molecule has 162 valence electrons. The van der Waals surface area contributed by atoms with Gasteiger partial charge in [0.2, 0.25) is 0 Å². The highest BCUT2D eigenvalue weighted by Gasteiger charge is 2.27. The molecule has 2 aromatic heterocycles. The molecule has 0 bridgehead atoms. The van der Waals surface area contributed by atoms with Gasteiger partial charge in [0.1, 0.15) is 28.8 Å². The molecule has 7 nitrogen and oxygen atoms in total. The number of H-pyrrole nitrogens is 1. The Morgan fingerprint density at radius 3 is 2.48 bits per heavy atom. The number of anilines is 2. The minimum Gasteiger partial charge on any atom is -0.338 e. The van der Waals surface area contributed by atoms with Crippen molar-refractivity contribution in [1.82, 2.24) is 25.1 Å². The second-order valence-electron chi connectivity index (χ2n) is 7.89. The minimum absolute atomic E-state index is 0.323. The number of likely N-dealkylation sites (tertiary alicyclic amines) is 1. The lowest BCUT2D eigenvalue weighted by Crippen LogP contribution is -2.39. The zero-order chi connectivity index (χ0) is 22.0. The van der Waals surface area contributed by atoms with Crippen LogP contribution in [0, 0.1) is 31.4 Å². The molecular formula is C22H24F2N6O. The third-order valence-corrected chi connectivity index (χ3v) is 5.43. The van der Waals surface area contributed by atoms with Crippen molar-refractivity contribution in [3.05, 3.63) is 64.7 Å². The van der Waals surface area contributed by atoms with E-state index in [9.17, 15) is 13.6 Å². The van der Waals surface area contributed by atoms with E-state index >= 15 is 0 Å². The number of amides is 1. The van der Waals surface area contributed by atoms with Gasteiger partial charge >= 0.3 is 0 Å². The third kappa shape index (κ3) is 4.87. The highest BCUT2D eigenvalue weighted by molar-refractivity contribution is 5.94. The van der Waals surface area contributed by atoms with Crippen LogP contribution in [0.2, 0.25) is 0 Å². The maximum atomic E-state index is 13.9. The zero-order valence-electron chi connectivity index (χ0n) is 17.5. The number of benzene rings is 1. The molecule has 1 saturated heterocycles. The van der Waals surface area contributed by atoms with Crippen LogP contribution in [0.25, 0.3) is 0 Å². The Balaban J connectivity index is 1.38. The normalized spacial score (nSPS) is 14.6. The molecular weight excluding hydrogens is 402 g/mol. The maximum absolute atomic E-state index is 13.9. The minimum atomic E-state index is -0.823. The lowest BCUT2D eigenvalue weighted by atomic mass is 9.91. The Kier molecular flexibility index (Phi) is 5.92. The van der Waals surface area contributed by atoms with E-state index in [1.807, 2.05) is 26.0 Å². The molecule has 9 heteroatoms. The van der Waals surface area contributed by atoms with Gasteiger partial charge in [-0.3, -0.25) is 9.89 Å². The molecule has 3 heterocycles. The monoisotopic (exact) mass is 426 g/mol. The maximum Gasteiger partial charge on any atom is 0.259 e. The van der Waals surface area contributed by atoms with Crippen LogP contribution >= 0.6 is 0 Å². The number of nitrogens with zero attached hydrogens (tertiary/aromatic N) is 4. The number of carbonyl (C=O) groups is 1. The third-order valence-electron chi connectivity index (χ3n) is 5.43. The first kappa shape index (κ1) is 20.9. The fraction of sp³-hybridized carbons (Fsp3) is 0.364. The molecule has 0 radical (unpaired) electrons. The van der Waals surface area contributed by atoms with Crippen LogP contribution in [0.4, 0.5) is 20.4 Å². The van der Waals surface area contributed by atoms with Crippen LogP contribution in [0.3, 0.4) is 0 Å². The number of nitrogens with one attached hydrogen (secondary N) is 2. The Morgan fingerprint density at radius 2 is 1.84 bits per heavy atom. The zero-order valence-corrected chi connectivity index (χ0v) is 17.5. The van der Waals surface area contributed by atoms with Crippen LogP contribution in [-0.2, 0) is 6.42 Å². The molecule has 4 rings (SSSR count). The first-order chi connectivity index (χ1) is 14.9. The van der Waals surface area contributed by atoms with Gasteiger partial charge in [-0.1, -0.05) is 6.07 Å². The number of hydrogen-bond donors (Lipinski definition) is 2. The highest BCUT2D eigenvalue weighted by Crippen LogP contribution is 2.25. The van der Waals surface area contributed by atoms with E-state index in [1.165, 1.54) is 11.0 Å². The van der Waals surface area contributed by atoms with E-state index < -0.39 is 23.1 Å². The summed E-state index contributed by atoms with van der Waals surface area (Å²) in [6, 6.07) is 7.27. The molecule has 0 aliphatic carbocycles. The molecule has 0 saturated carbocycles. The van der Waals surface area contributed by atoms with Crippen LogP contribution in [-0.4, -0.2) is 44.1 Å². The lowest BCUT2D eigenvalue weighted by molar-refractivity contribution is 0.0680. The number of hydrogen-bond acceptors (Lipinski definition) is 5. The average molecular weight is 426 g/mol. The van der Waals surface area contributed by atoms with Crippen molar-refractivity contribution >= 4 is 17.5 Å². The van der Waals surface area contributed by atoms with Gasteiger partial charge in [-0.05, 0) is 51.2 Å². The summed E-state index contributed by atoms with van der Waals surface area (Å²) < 4.78 is 27.9. The summed E-state index contributed by atoms with van der Waals surface area (Å²) in [4.78, 5) is 23.1. The molecule has 31 heavy (non-hydrogen) atoms. The van der Waals surface area contributed by atoms with E-state index in [0.29, 0.717) is 36.5 Å². The number of halogens is 2. The molecule has 0 spiro atoms. The molecule has 1 aromatic carbocycles. The fourth-order valence-electron chi connectivity index (χ4n) is 3.91. The number of aryl methyl sites for hydroxylation is 2. The smallest absolute Gasteiger partial charge is 0.259 e. The topological polar surface area (TPSA) is 86.8 Å². The van der Waals surface area contributed by atoms with Crippen molar-refractivity contribution in [2.45, 2.75) is 33.1 Å². The van der Waals surface area contributed by atoms with Crippen LogP contribution in [0.15, 0.2) is 30.3 Å². The molecule has 3 aromatic rings. The quantitative estimate of drug-likeness (QED) is 0.646. The van der Waals surface area contributed by atoms with Crippen LogP contribution in [0.5, 0.6) is 0 Å². The molecule has 2 N–H and O–H groups in total. The van der Waals surface area contributed by atoms with Crippen LogP contribution < -0.4 is 5.32 Å². The molecule has 0 unspecified atom stereocenters. The van der Waals surface area contributed by atoms with E-state index in [2.05, 4.69) is 25.5 Å². The van der Waals surface area contributed by atoms with E-state index in [-0.39, 0.29) is 0 Å². The average Bonchev–Trinajstić information content (AvgIpc) is 3.12. The summed E-state index contributed by atoms with van der Waals surface area (Å²) in [6.07, 6.45) is 2.23. The summed E-state index contributed by atoms with van der Waals surface area (Å²) in [6.45, 7) is 4.68. The van der Waals surface area contributed by atoms with Crippen molar-refractivity contribution in [3.63, 3.8) is 0 Å². The van der Waals surface area contributed by atoms with Crippen molar-refractivity contribution in [3.8, 4) is 0 Å². The van der Waals surface area contributed by atoms with E-state index in [0.717, 1.165) is 42.8 Å². The van der Waals surface area contributed by atoms with Gasteiger partial charge in [0.05, 0.1) is 0 Å². The lowest BCUT2D eigenvalue weighted by Gasteiger charge is -2.32. The second-order valence-corrected chi connectivity index (χ2v) is 7.89. The van der Waals surface area contributed by atoms with Crippen LogP contribution in [0.1, 0.15) is 40.4 Å². The molecule has 1 aliphatic heterocycles. The molecule has 1 amide bonds. The summed E-state index contributed by atoms with van der Waals surface area (Å²) in [7, 11) is 0. The van der Waals surface area contributed by atoms with Gasteiger partial charge in [-0.25, -0.2) is 18.7 Å². The fourth-order valence-corrected chi connectivity index (χ4v) is 3.91.